The lowest BCUT2D eigenvalue weighted by Gasteiger charge is -2.25. The smallest absolute Gasteiger partial charge is 0.135 e. The molecule has 1 aromatic heterocycles. The van der Waals surface area contributed by atoms with Crippen LogP contribution in [0.3, 0.4) is 0 Å². The number of nitrogens with zero attached hydrogens (tertiary/aromatic N) is 3. The third-order valence-electron chi connectivity index (χ3n) is 3.79. The number of alkyl halides is 1. The Bertz CT molecular complexity index is 395. The number of halogens is 1. The van der Waals surface area contributed by atoms with Gasteiger partial charge in [0.25, 0.3) is 0 Å². The lowest BCUT2D eigenvalue weighted by atomic mass is 10.1. The molecule has 1 aliphatic carbocycles. The number of aromatic nitrogens is 2. The summed E-state index contributed by atoms with van der Waals surface area (Å²) in [6, 6.07) is 0. The van der Waals surface area contributed by atoms with E-state index in [0.717, 1.165) is 31.7 Å². The van der Waals surface area contributed by atoms with Crippen LogP contribution in [-0.2, 0) is 12.8 Å². The summed E-state index contributed by atoms with van der Waals surface area (Å²) in [6.45, 7) is 4.15. The van der Waals surface area contributed by atoms with Gasteiger partial charge in [-0.1, -0.05) is 19.8 Å². The maximum Gasteiger partial charge on any atom is 0.135 e. The summed E-state index contributed by atoms with van der Waals surface area (Å²) >= 11 is 5.96. The molecule has 0 unspecified atom stereocenters. The lowest BCUT2D eigenvalue weighted by Crippen LogP contribution is -2.29. The van der Waals surface area contributed by atoms with Gasteiger partial charge >= 0.3 is 0 Å². The van der Waals surface area contributed by atoms with E-state index in [9.17, 15) is 0 Å². The normalized spacial score (nSPS) is 14.8. The van der Waals surface area contributed by atoms with E-state index in [2.05, 4.69) is 21.8 Å². The van der Waals surface area contributed by atoms with Crippen molar-refractivity contribution in [3.8, 4) is 0 Å². The fraction of sp³-hybridized carbons (Fsp3) is 0.733. The first-order valence-electron chi connectivity index (χ1n) is 7.50. The van der Waals surface area contributed by atoms with Crippen LogP contribution in [0.25, 0.3) is 0 Å². The van der Waals surface area contributed by atoms with Gasteiger partial charge in [-0.05, 0) is 32.1 Å². The summed E-state index contributed by atoms with van der Waals surface area (Å²) in [6.07, 6.45) is 10.2. The van der Waals surface area contributed by atoms with E-state index in [1.165, 1.54) is 43.4 Å². The molecule has 1 heterocycles. The minimum absolute atomic E-state index is 0.655. The number of unbranched alkanes of at least 4 members (excludes halogenated alkanes) is 1. The van der Waals surface area contributed by atoms with Crippen molar-refractivity contribution in [1.82, 2.24) is 9.97 Å². The molecule has 2 rings (SSSR count). The summed E-state index contributed by atoms with van der Waals surface area (Å²) in [5.41, 5.74) is 2.64. The fourth-order valence-corrected chi connectivity index (χ4v) is 2.93. The SMILES string of the molecule is CCCCN(CCCl)c1ncnc2c1CCCCC2. The van der Waals surface area contributed by atoms with Crippen molar-refractivity contribution < 1.29 is 0 Å². The lowest BCUT2D eigenvalue weighted by molar-refractivity contribution is 0.704. The number of hydrogen-bond donors (Lipinski definition) is 0. The summed E-state index contributed by atoms with van der Waals surface area (Å²) in [5, 5.41) is 0. The average molecular weight is 282 g/mol. The van der Waals surface area contributed by atoms with Crippen molar-refractivity contribution in [2.45, 2.75) is 51.9 Å². The standard InChI is InChI=1S/C15H24ClN3/c1-2-3-10-19(11-9-16)15-13-7-5-4-6-8-14(13)17-12-18-15/h12H,2-11H2,1H3. The van der Waals surface area contributed by atoms with Crippen molar-refractivity contribution in [2.24, 2.45) is 0 Å². The topological polar surface area (TPSA) is 29.0 Å². The Balaban J connectivity index is 2.25. The molecule has 0 saturated heterocycles. The highest BCUT2D eigenvalue weighted by atomic mass is 35.5. The molecule has 0 aliphatic heterocycles. The average Bonchev–Trinajstić information content (AvgIpc) is 2.68. The quantitative estimate of drug-likeness (QED) is 0.589. The van der Waals surface area contributed by atoms with Crippen molar-refractivity contribution >= 4 is 17.4 Å². The van der Waals surface area contributed by atoms with Gasteiger partial charge in [-0.15, -0.1) is 11.6 Å². The molecule has 0 saturated carbocycles. The van der Waals surface area contributed by atoms with Gasteiger partial charge in [0.2, 0.25) is 0 Å². The Kier molecular flexibility index (Phi) is 5.90. The van der Waals surface area contributed by atoms with Crippen molar-refractivity contribution in [3.63, 3.8) is 0 Å². The van der Waals surface area contributed by atoms with Crippen LogP contribution < -0.4 is 4.90 Å². The van der Waals surface area contributed by atoms with Gasteiger partial charge in [-0.2, -0.15) is 0 Å². The molecule has 0 spiro atoms. The Hall–Kier alpha value is -0.830. The van der Waals surface area contributed by atoms with Crippen LogP contribution in [0, 0.1) is 0 Å². The highest BCUT2D eigenvalue weighted by Crippen LogP contribution is 2.26. The highest BCUT2D eigenvalue weighted by Gasteiger charge is 2.18. The van der Waals surface area contributed by atoms with E-state index >= 15 is 0 Å². The number of fused-ring (bicyclic) bond motifs is 1. The first-order chi connectivity index (χ1) is 9.36. The maximum absolute atomic E-state index is 5.96. The van der Waals surface area contributed by atoms with E-state index in [4.69, 9.17) is 11.6 Å². The van der Waals surface area contributed by atoms with Gasteiger partial charge in [0, 0.05) is 30.2 Å². The van der Waals surface area contributed by atoms with Gasteiger partial charge < -0.3 is 4.90 Å². The molecule has 0 amide bonds. The molecule has 1 aromatic rings. The van der Waals surface area contributed by atoms with E-state index in [1.807, 2.05) is 0 Å². The number of hydrogen-bond acceptors (Lipinski definition) is 3. The number of rotatable bonds is 6. The van der Waals surface area contributed by atoms with E-state index in [1.54, 1.807) is 6.33 Å². The first-order valence-corrected chi connectivity index (χ1v) is 8.04. The maximum atomic E-state index is 5.96. The van der Waals surface area contributed by atoms with Crippen LogP contribution in [0.1, 0.15) is 50.3 Å². The second-order valence-electron chi connectivity index (χ2n) is 5.21. The molecule has 0 bridgehead atoms. The molecule has 0 fully saturated rings. The fourth-order valence-electron chi connectivity index (χ4n) is 2.73. The van der Waals surface area contributed by atoms with Crippen LogP contribution in [0.5, 0.6) is 0 Å². The van der Waals surface area contributed by atoms with Gasteiger partial charge in [-0.3, -0.25) is 0 Å². The van der Waals surface area contributed by atoms with E-state index in [0.29, 0.717) is 5.88 Å². The van der Waals surface area contributed by atoms with Crippen LogP contribution in [0.15, 0.2) is 6.33 Å². The monoisotopic (exact) mass is 281 g/mol. The van der Waals surface area contributed by atoms with Crippen molar-refractivity contribution in [3.05, 3.63) is 17.6 Å². The summed E-state index contributed by atoms with van der Waals surface area (Å²) in [4.78, 5) is 11.4. The molecule has 1 aliphatic rings. The summed E-state index contributed by atoms with van der Waals surface area (Å²) in [7, 11) is 0. The van der Waals surface area contributed by atoms with Gasteiger partial charge in [0.05, 0.1) is 0 Å². The summed E-state index contributed by atoms with van der Waals surface area (Å²) < 4.78 is 0. The largest absolute Gasteiger partial charge is 0.355 e. The van der Waals surface area contributed by atoms with Crippen molar-refractivity contribution in [2.75, 3.05) is 23.9 Å². The summed E-state index contributed by atoms with van der Waals surface area (Å²) in [5.74, 6) is 1.80. The van der Waals surface area contributed by atoms with Crippen LogP contribution in [-0.4, -0.2) is 28.9 Å². The van der Waals surface area contributed by atoms with Gasteiger partial charge in [0.15, 0.2) is 0 Å². The zero-order chi connectivity index (χ0) is 13.5. The minimum Gasteiger partial charge on any atom is -0.355 e. The Morgan fingerprint density at radius 2 is 2.00 bits per heavy atom. The Morgan fingerprint density at radius 1 is 1.16 bits per heavy atom. The van der Waals surface area contributed by atoms with E-state index in [-0.39, 0.29) is 0 Å². The first kappa shape index (κ1) is 14.6. The molecular weight excluding hydrogens is 258 g/mol. The van der Waals surface area contributed by atoms with Crippen molar-refractivity contribution in [1.29, 1.82) is 0 Å². The third-order valence-corrected chi connectivity index (χ3v) is 3.96. The predicted molar refractivity (Wildman–Crippen MR) is 81.1 cm³/mol. The predicted octanol–water partition coefficient (Wildman–Crippen LogP) is 3.59. The second-order valence-corrected chi connectivity index (χ2v) is 5.59. The Labute approximate surface area is 121 Å². The zero-order valence-corrected chi connectivity index (χ0v) is 12.6. The van der Waals surface area contributed by atoms with Gasteiger partial charge in [-0.25, -0.2) is 9.97 Å². The molecular formula is C15H24ClN3. The third kappa shape index (κ3) is 3.82. The molecule has 0 N–H and O–H groups in total. The van der Waals surface area contributed by atoms with Crippen LogP contribution in [0.4, 0.5) is 5.82 Å². The minimum atomic E-state index is 0.655. The molecule has 106 valence electrons. The highest BCUT2D eigenvalue weighted by molar-refractivity contribution is 6.18. The Morgan fingerprint density at radius 3 is 2.79 bits per heavy atom. The molecule has 0 atom stereocenters. The molecule has 3 nitrogen and oxygen atoms in total. The zero-order valence-electron chi connectivity index (χ0n) is 11.9. The van der Waals surface area contributed by atoms with E-state index < -0.39 is 0 Å². The van der Waals surface area contributed by atoms with Gasteiger partial charge in [0.1, 0.15) is 12.1 Å². The van der Waals surface area contributed by atoms with Crippen LogP contribution in [0.2, 0.25) is 0 Å². The van der Waals surface area contributed by atoms with Crippen LogP contribution >= 0.6 is 11.6 Å². The number of anilines is 1. The molecule has 4 heteroatoms. The molecule has 19 heavy (non-hydrogen) atoms. The molecule has 0 radical (unpaired) electrons. The molecule has 0 aromatic carbocycles. The number of aryl methyl sites for hydroxylation is 1. The second kappa shape index (κ2) is 7.68.